The van der Waals surface area contributed by atoms with Crippen LogP contribution in [-0.4, -0.2) is 28.6 Å². The number of carboxylic acids is 1. The minimum absolute atomic E-state index is 0.193. The molecule has 1 N–H and O–H groups in total. The zero-order valence-corrected chi connectivity index (χ0v) is 8.47. The summed E-state index contributed by atoms with van der Waals surface area (Å²) in [7, 11) is 0. The van der Waals surface area contributed by atoms with E-state index < -0.39 is 5.97 Å². The standard InChI is InChI=1S/C11H14N2O2/c14-11(15)5-8-13(9-1-2-9)10-3-6-12-7-4-10/h3-4,6-7,9H,1-2,5,8H2,(H,14,15). The molecule has 1 aliphatic rings. The predicted molar refractivity (Wildman–Crippen MR) is 56.9 cm³/mol. The van der Waals surface area contributed by atoms with E-state index in [1.54, 1.807) is 12.4 Å². The zero-order chi connectivity index (χ0) is 10.7. The number of anilines is 1. The Labute approximate surface area is 88.6 Å². The summed E-state index contributed by atoms with van der Waals surface area (Å²) in [6, 6.07) is 4.40. The van der Waals surface area contributed by atoms with E-state index in [2.05, 4.69) is 9.88 Å². The molecule has 1 aromatic heterocycles. The average molecular weight is 206 g/mol. The zero-order valence-electron chi connectivity index (χ0n) is 8.47. The van der Waals surface area contributed by atoms with E-state index in [1.807, 2.05) is 12.1 Å². The number of pyridine rings is 1. The molecule has 0 spiro atoms. The van der Waals surface area contributed by atoms with Crippen LogP contribution in [0.5, 0.6) is 0 Å². The van der Waals surface area contributed by atoms with Crippen LogP contribution in [-0.2, 0) is 4.79 Å². The second-order valence-electron chi connectivity index (χ2n) is 3.77. The monoisotopic (exact) mass is 206 g/mol. The van der Waals surface area contributed by atoms with Crippen molar-refractivity contribution in [3.8, 4) is 0 Å². The summed E-state index contributed by atoms with van der Waals surface area (Å²) in [6.45, 7) is 0.587. The average Bonchev–Trinajstić information content (AvgIpc) is 3.03. The minimum Gasteiger partial charge on any atom is -0.481 e. The van der Waals surface area contributed by atoms with E-state index in [0.717, 1.165) is 5.69 Å². The summed E-state index contributed by atoms with van der Waals surface area (Å²) >= 11 is 0. The van der Waals surface area contributed by atoms with Crippen molar-refractivity contribution < 1.29 is 9.90 Å². The Bertz CT molecular complexity index is 336. The van der Waals surface area contributed by atoms with Crippen LogP contribution in [0.15, 0.2) is 24.5 Å². The molecule has 0 aromatic carbocycles. The van der Waals surface area contributed by atoms with Gasteiger partial charge in [0.05, 0.1) is 6.42 Å². The third-order valence-electron chi connectivity index (χ3n) is 2.55. The summed E-state index contributed by atoms with van der Waals surface area (Å²) in [5.41, 5.74) is 1.08. The van der Waals surface area contributed by atoms with E-state index in [9.17, 15) is 4.79 Å². The van der Waals surface area contributed by atoms with Crippen LogP contribution >= 0.6 is 0 Å². The lowest BCUT2D eigenvalue weighted by molar-refractivity contribution is -0.136. The van der Waals surface area contributed by atoms with Gasteiger partial charge in [0, 0.05) is 30.7 Å². The van der Waals surface area contributed by atoms with E-state index in [0.29, 0.717) is 12.6 Å². The first-order chi connectivity index (χ1) is 7.27. The first-order valence-corrected chi connectivity index (χ1v) is 5.16. The second-order valence-corrected chi connectivity index (χ2v) is 3.77. The van der Waals surface area contributed by atoms with Crippen LogP contribution in [0.2, 0.25) is 0 Å². The normalized spacial score (nSPS) is 14.9. The van der Waals surface area contributed by atoms with Crippen molar-refractivity contribution in [2.45, 2.75) is 25.3 Å². The molecule has 1 saturated carbocycles. The topological polar surface area (TPSA) is 53.4 Å². The molecule has 1 fully saturated rings. The van der Waals surface area contributed by atoms with E-state index in [4.69, 9.17) is 5.11 Å². The van der Waals surface area contributed by atoms with Gasteiger partial charge in [0.15, 0.2) is 0 Å². The lowest BCUT2D eigenvalue weighted by atomic mass is 10.3. The molecule has 1 aliphatic carbocycles. The number of aliphatic carboxylic acids is 1. The molecule has 1 heterocycles. The van der Waals surface area contributed by atoms with Gasteiger partial charge in [-0.05, 0) is 25.0 Å². The van der Waals surface area contributed by atoms with Gasteiger partial charge in [-0.1, -0.05) is 0 Å². The molecule has 1 aromatic rings. The fraction of sp³-hybridized carbons (Fsp3) is 0.455. The van der Waals surface area contributed by atoms with Gasteiger partial charge in [-0.15, -0.1) is 0 Å². The number of carboxylic acid groups (broad SMARTS) is 1. The maximum Gasteiger partial charge on any atom is 0.305 e. The maximum absolute atomic E-state index is 10.5. The van der Waals surface area contributed by atoms with Crippen LogP contribution in [0.1, 0.15) is 19.3 Å². The third-order valence-corrected chi connectivity index (χ3v) is 2.55. The van der Waals surface area contributed by atoms with Crippen molar-refractivity contribution in [2.75, 3.05) is 11.4 Å². The van der Waals surface area contributed by atoms with Gasteiger partial charge in [-0.2, -0.15) is 0 Å². The third kappa shape index (κ3) is 2.68. The number of aromatic nitrogens is 1. The van der Waals surface area contributed by atoms with Crippen molar-refractivity contribution in [1.82, 2.24) is 4.98 Å². The summed E-state index contributed by atoms with van der Waals surface area (Å²) in [6.07, 6.45) is 6.01. The molecule has 4 nitrogen and oxygen atoms in total. The lowest BCUT2D eigenvalue weighted by Crippen LogP contribution is -2.28. The SMILES string of the molecule is O=C(O)CCN(c1ccncc1)C1CC1. The van der Waals surface area contributed by atoms with Gasteiger partial charge in [0.1, 0.15) is 0 Å². The van der Waals surface area contributed by atoms with Crippen LogP contribution < -0.4 is 4.90 Å². The van der Waals surface area contributed by atoms with Crippen LogP contribution in [0.4, 0.5) is 5.69 Å². The molecular formula is C11H14N2O2. The maximum atomic E-state index is 10.5. The molecule has 2 rings (SSSR count). The van der Waals surface area contributed by atoms with Gasteiger partial charge in [0.2, 0.25) is 0 Å². The number of hydrogen-bond donors (Lipinski definition) is 1. The fourth-order valence-corrected chi connectivity index (χ4v) is 1.66. The quantitative estimate of drug-likeness (QED) is 0.793. The summed E-state index contributed by atoms with van der Waals surface area (Å²) in [5.74, 6) is -0.741. The van der Waals surface area contributed by atoms with Crippen molar-refractivity contribution >= 4 is 11.7 Å². The van der Waals surface area contributed by atoms with Crippen LogP contribution in [0, 0.1) is 0 Å². The van der Waals surface area contributed by atoms with Crippen LogP contribution in [0.25, 0.3) is 0 Å². The first-order valence-electron chi connectivity index (χ1n) is 5.16. The van der Waals surface area contributed by atoms with Gasteiger partial charge in [-0.25, -0.2) is 0 Å². The lowest BCUT2D eigenvalue weighted by Gasteiger charge is -2.23. The highest BCUT2D eigenvalue weighted by atomic mass is 16.4. The molecule has 4 heteroatoms. The van der Waals surface area contributed by atoms with Gasteiger partial charge in [0.25, 0.3) is 0 Å². The van der Waals surface area contributed by atoms with Crippen molar-refractivity contribution in [3.05, 3.63) is 24.5 Å². The molecule has 0 saturated heterocycles. The minimum atomic E-state index is -0.741. The van der Waals surface area contributed by atoms with Gasteiger partial charge >= 0.3 is 5.97 Å². The highest BCUT2D eigenvalue weighted by Crippen LogP contribution is 2.31. The smallest absolute Gasteiger partial charge is 0.305 e. The number of carbonyl (C=O) groups is 1. The van der Waals surface area contributed by atoms with Crippen molar-refractivity contribution in [3.63, 3.8) is 0 Å². The molecule has 0 atom stereocenters. The van der Waals surface area contributed by atoms with E-state index in [1.165, 1.54) is 12.8 Å². The summed E-state index contributed by atoms with van der Waals surface area (Å²) in [5, 5.41) is 8.67. The Hall–Kier alpha value is -1.58. The van der Waals surface area contributed by atoms with Gasteiger partial charge in [-0.3, -0.25) is 9.78 Å². The Morgan fingerprint density at radius 1 is 1.47 bits per heavy atom. The molecule has 0 aliphatic heterocycles. The number of rotatable bonds is 5. The van der Waals surface area contributed by atoms with Gasteiger partial charge < -0.3 is 10.0 Å². The fourth-order valence-electron chi connectivity index (χ4n) is 1.66. The largest absolute Gasteiger partial charge is 0.481 e. The summed E-state index contributed by atoms with van der Waals surface area (Å²) in [4.78, 5) is 16.7. The highest BCUT2D eigenvalue weighted by Gasteiger charge is 2.29. The Kier molecular flexibility index (Phi) is 2.85. The molecular weight excluding hydrogens is 192 g/mol. The predicted octanol–water partition coefficient (Wildman–Crippen LogP) is 1.53. The van der Waals surface area contributed by atoms with Crippen LogP contribution in [0.3, 0.4) is 0 Å². The van der Waals surface area contributed by atoms with E-state index >= 15 is 0 Å². The number of nitrogens with zero attached hydrogens (tertiary/aromatic N) is 2. The molecule has 0 radical (unpaired) electrons. The molecule has 15 heavy (non-hydrogen) atoms. The molecule has 0 unspecified atom stereocenters. The second kappa shape index (κ2) is 4.29. The van der Waals surface area contributed by atoms with Crippen molar-refractivity contribution in [1.29, 1.82) is 0 Å². The Morgan fingerprint density at radius 3 is 2.67 bits per heavy atom. The Morgan fingerprint density at radius 2 is 2.13 bits per heavy atom. The number of hydrogen-bond acceptors (Lipinski definition) is 3. The first kappa shape index (κ1) is 9.96. The summed E-state index contributed by atoms with van der Waals surface area (Å²) < 4.78 is 0. The molecule has 80 valence electrons. The van der Waals surface area contributed by atoms with E-state index in [-0.39, 0.29) is 6.42 Å². The Balaban J connectivity index is 2.03. The van der Waals surface area contributed by atoms with Crippen molar-refractivity contribution in [2.24, 2.45) is 0 Å². The molecule has 0 bridgehead atoms. The molecule has 0 amide bonds. The highest BCUT2D eigenvalue weighted by molar-refractivity contribution is 5.67.